The van der Waals surface area contributed by atoms with Crippen molar-refractivity contribution in [3.63, 3.8) is 0 Å². The largest absolute Gasteiger partial charge is 0.341 e. The minimum absolute atomic E-state index is 0.138. The van der Waals surface area contributed by atoms with Gasteiger partial charge < -0.3 is 10.3 Å². The van der Waals surface area contributed by atoms with Crippen LogP contribution in [0.25, 0.3) is 0 Å². The molecule has 0 atom stereocenters. The Labute approximate surface area is 70.8 Å². The van der Waals surface area contributed by atoms with Crippen molar-refractivity contribution < 1.29 is 4.79 Å². The molecule has 0 spiro atoms. The number of carbonyl (C=O) groups is 1. The van der Waals surface area contributed by atoms with E-state index in [9.17, 15) is 4.79 Å². The highest BCUT2D eigenvalue weighted by atomic mass is 16.2. The molecule has 0 aliphatic heterocycles. The van der Waals surface area contributed by atoms with Crippen molar-refractivity contribution in [3.05, 3.63) is 18.2 Å². The van der Waals surface area contributed by atoms with Gasteiger partial charge in [-0.3, -0.25) is 9.69 Å². The number of carbonyl (C=O) groups excluding carboxylic acids is 1. The maximum Gasteiger partial charge on any atom is 0.270 e. The molecule has 1 amide bonds. The third kappa shape index (κ3) is 2.35. The van der Waals surface area contributed by atoms with Gasteiger partial charge in [0, 0.05) is 0 Å². The molecule has 0 aromatic carbocycles. The fraction of sp³-hybridized carbons (Fsp3) is 0.429. The molecule has 0 saturated heterocycles. The second-order valence-electron chi connectivity index (χ2n) is 2.71. The van der Waals surface area contributed by atoms with Crippen LogP contribution in [-0.4, -0.2) is 41.5 Å². The molecule has 1 rings (SSSR count). The number of rotatable bonds is 3. The molecule has 0 bridgehead atoms. The van der Waals surface area contributed by atoms with Crippen LogP contribution in [0.4, 0.5) is 0 Å². The number of nitrogens with one attached hydrogen (secondary N) is 2. The minimum atomic E-state index is -0.138. The summed E-state index contributed by atoms with van der Waals surface area (Å²) in [5.74, 6) is -0.138. The van der Waals surface area contributed by atoms with Crippen molar-refractivity contribution >= 4 is 5.91 Å². The summed E-state index contributed by atoms with van der Waals surface area (Å²) in [4.78, 5) is 19.5. The van der Waals surface area contributed by atoms with Gasteiger partial charge in [0.05, 0.1) is 19.2 Å². The Balaban J connectivity index is 2.40. The van der Waals surface area contributed by atoms with Crippen LogP contribution in [0.3, 0.4) is 0 Å². The van der Waals surface area contributed by atoms with Crippen LogP contribution < -0.4 is 5.32 Å². The number of H-pyrrole nitrogens is 1. The number of hydrogen-bond donors (Lipinski definition) is 2. The van der Waals surface area contributed by atoms with Crippen LogP contribution in [-0.2, 0) is 0 Å². The van der Waals surface area contributed by atoms with Crippen LogP contribution in [0.2, 0.25) is 0 Å². The van der Waals surface area contributed by atoms with Gasteiger partial charge in [-0.15, -0.1) is 0 Å². The van der Waals surface area contributed by atoms with Crippen molar-refractivity contribution in [2.24, 2.45) is 0 Å². The van der Waals surface area contributed by atoms with Gasteiger partial charge in [-0.1, -0.05) is 0 Å². The topological polar surface area (TPSA) is 61.0 Å². The van der Waals surface area contributed by atoms with Gasteiger partial charge in [-0.2, -0.15) is 0 Å². The maximum atomic E-state index is 11.2. The molecule has 1 heterocycles. The molecule has 0 fully saturated rings. The van der Waals surface area contributed by atoms with Gasteiger partial charge in [0.25, 0.3) is 5.91 Å². The van der Waals surface area contributed by atoms with Crippen molar-refractivity contribution in [1.82, 2.24) is 20.2 Å². The van der Waals surface area contributed by atoms with Crippen LogP contribution in [0.5, 0.6) is 0 Å². The van der Waals surface area contributed by atoms with Crippen LogP contribution >= 0.6 is 0 Å². The predicted molar refractivity (Wildman–Crippen MR) is 44.6 cm³/mol. The van der Waals surface area contributed by atoms with Crippen molar-refractivity contribution in [2.45, 2.75) is 0 Å². The molecule has 5 heteroatoms. The standard InChI is InChI=1S/C7H12N4O/c1-11(2)5-10-7(12)6-3-8-4-9-6/h3-4H,5H2,1-2H3,(H,8,9)(H,10,12). The first-order valence-electron chi connectivity index (χ1n) is 3.61. The Morgan fingerprint density at radius 1 is 1.75 bits per heavy atom. The second kappa shape index (κ2) is 3.87. The third-order valence-corrected chi connectivity index (χ3v) is 1.30. The zero-order valence-corrected chi connectivity index (χ0v) is 7.16. The van der Waals surface area contributed by atoms with Gasteiger partial charge in [0.2, 0.25) is 0 Å². The average molecular weight is 168 g/mol. The van der Waals surface area contributed by atoms with E-state index in [0.29, 0.717) is 12.4 Å². The van der Waals surface area contributed by atoms with Crippen molar-refractivity contribution in [3.8, 4) is 0 Å². The first-order valence-corrected chi connectivity index (χ1v) is 3.61. The maximum absolute atomic E-state index is 11.2. The average Bonchev–Trinajstić information content (AvgIpc) is 2.51. The van der Waals surface area contributed by atoms with Gasteiger partial charge in [0.1, 0.15) is 5.69 Å². The lowest BCUT2D eigenvalue weighted by atomic mass is 10.4. The van der Waals surface area contributed by atoms with Crippen molar-refractivity contribution in [2.75, 3.05) is 20.8 Å². The van der Waals surface area contributed by atoms with Crippen molar-refractivity contribution in [1.29, 1.82) is 0 Å². The molecule has 12 heavy (non-hydrogen) atoms. The minimum Gasteiger partial charge on any atom is -0.341 e. The summed E-state index contributed by atoms with van der Waals surface area (Å²) in [5.41, 5.74) is 0.483. The quantitative estimate of drug-likeness (QED) is 0.607. The van der Waals surface area contributed by atoms with E-state index >= 15 is 0 Å². The van der Waals surface area contributed by atoms with Gasteiger partial charge in [-0.05, 0) is 14.1 Å². The number of hydrogen-bond acceptors (Lipinski definition) is 3. The lowest BCUT2D eigenvalue weighted by Gasteiger charge is -2.09. The van der Waals surface area contributed by atoms with E-state index in [-0.39, 0.29) is 5.91 Å². The molecule has 2 N–H and O–H groups in total. The molecule has 0 saturated carbocycles. The van der Waals surface area contributed by atoms with Gasteiger partial charge in [-0.25, -0.2) is 4.98 Å². The second-order valence-corrected chi connectivity index (χ2v) is 2.71. The normalized spacial score (nSPS) is 10.2. The number of nitrogens with zero attached hydrogens (tertiary/aromatic N) is 2. The molecule has 0 unspecified atom stereocenters. The molecule has 0 aliphatic carbocycles. The number of amides is 1. The van der Waals surface area contributed by atoms with Gasteiger partial charge >= 0.3 is 0 Å². The van der Waals surface area contributed by atoms with E-state index in [4.69, 9.17) is 0 Å². The lowest BCUT2D eigenvalue weighted by molar-refractivity contribution is 0.0931. The molecule has 5 nitrogen and oxygen atoms in total. The fourth-order valence-electron chi connectivity index (χ4n) is 0.705. The van der Waals surface area contributed by atoms with E-state index in [0.717, 1.165) is 0 Å². The summed E-state index contributed by atoms with van der Waals surface area (Å²) in [5, 5.41) is 2.70. The molecular formula is C7H12N4O. The summed E-state index contributed by atoms with van der Waals surface area (Å²) in [6, 6.07) is 0. The molecule has 1 aromatic heterocycles. The SMILES string of the molecule is CN(C)CNC(=O)c1cnc[nH]1. The Bertz CT molecular complexity index is 242. The Morgan fingerprint density at radius 2 is 2.50 bits per heavy atom. The number of aromatic nitrogens is 2. The Morgan fingerprint density at radius 3 is 3.00 bits per heavy atom. The third-order valence-electron chi connectivity index (χ3n) is 1.30. The zero-order valence-electron chi connectivity index (χ0n) is 7.16. The van der Waals surface area contributed by atoms with Crippen LogP contribution in [0.1, 0.15) is 10.5 Å². The van der Waals surface area contributed by atoms with E-state index in [1.54, 1.807) is 0 Å². The van der Waals surface area contributed by atoms with E-state index < -0.39 is 0 Å². The van der Waals surface area contributed by atoms with Gasteiger partial charge in [0.15, 0.2) is 0 Å². The zero-order chi connectivity index (χ0) is 8.97. The highest BCUT2D eigenvalue weighted by Crippen LogP contribution is 1.89. The molecule has 1 aromatic rings. The monoisotopic (exact) mass is 168 g/mol. The number of imidazole rings is 1. The summed E-state index contributed by atoms with van der Waals surface area (Å²) >= 11 is 0. The first-order chi connectivity index (χ1) is 5.70. The Hall–Kier alpha value is -1.36. The number of aromatic amines is 1. The molecule has 0 aliphatic rings. The molecule has 66 valence electrons. The smallest absolute Gasteiger partial charge is 0.270 e. The summed E-state index contributed by atoms with van der Waals surface area (Å²) in [6.07, 6.45) is 2.97. The Kier molecular flexibility index (Phi) is 2.82. The summed E-state index contributed by atoms with van der Waals surface area (Å²) in [7, 11) is 3.76. The van der Waals surface area contributed by atoms with Crippen LogP contribution in [0.15, 0.2) is 12.5 Å². The highest BCUT2D eigenvalue weighted by Gasteiger charge is 2.04. The van der Waals surface area contributed by atoms with Crippen LogP contribution in [0, 0.1) is 0 Å². The fourth-order valence-corrected chi connectivity index (χ4v) is 0.705. The lowest BCUT2D eigenvalue weighted by Crippen LogP contribution is -2.33. The molecular weight excluding hydrogens is 156 g/mol. The van der Waals surface area contributed by atoms with E-state index in [2.05, 4.69) is 15.3 Å². The first kappa shape index (κ1) is 8.73. The van der Waals surface area contributed by atoms with E-state index in [1.807, 2.05) is 19.0 Å². The summed E-state index contributed by atoms with van der Waals surface area (Å²) < 4.78 is 0. The predicted octanol–water partition coefficient (Wildman–Crippen LogP) is -0.341. The highest BCUT2D eigenvalue weighted by molar-refractivity contribution is 5.91. The summed E-state index contributed by atoms with van der Waals surface area (Å²) in [6.45, 7) is 0.526. The molecule has 0 radical (unpaired) electrons. The van der Waals surface area contributed by atoms with E-state index in [1.165, 1.54) is 12.5 Å².